The van der Waals surface area contributed by atoms with Gasteiger partial charge in [-0.1, -0.05) is 19.1 Å². The van der Waals surface area contributed by atoms with Gasteiger partial charge in [-0.2, -0.15) is 11.8 Å². The fourth-order valence-electron chi connectivity index (χ4n) is 4.06. The summed E-state index contributed by atoms with van der Waals surface area (Å²) < 4.78 is 11.0. The molecule has 1 aromatic carbocycles. The third kappa shape index (κ3) is 5.15. The summed E-state index contributed by atoms with van der Waals surface area (Å²) in [5, 5.41) is 4.24. The summed E-state index contributed by atoms with van der Waals surface area (Å²) in [5.41, 5.74) is 1.39. The van der Waals surface area contributed by atoms with Gasteiger partial charge in [0, 0.05) is 49.3 Å². The van der Waals surface area contributed by atoms with E-state index in [9.17, 15) is 0 Å². The molecule has 1 aromatic rings. The van der Waals surface area contributed by atoms with Crippen LogP contribution in [0.25, 0.3) is 0 Å². The number of aliphatic imine (C=N–C) groups is 1. The third-order valence-electron chi connectivity index (χ3n) is 5.91. The van der Waals surface area contributed by atoms with E-state index in [-0.39, 0.29) is 5.41 Å². The number of guanidine groups is 1. The average molecular weight is 406 g/mol. The minimum absolute atomic E-state index is 0.0416. The van der Waals surface area contributed by atoms with Crippen LogP contribution in [0.2, 0.25) is 0 Å². The van der Waals surface area contributed by atoms with Crippen molar-refractivity contribution in [1.29, 1.82) is 0 Å². The van der Waals surface area contributed by atoms with Gasteiger partial charge < -0.3 is 19.7 Å². The molecule has 0 aliphatic carbocycles. The van der Waals surface area contributed by atoms with Gasteiger partial charge in [0.2, 0.25) is 0 Å². The Bertz CT molecular complexity index is 629. The number of ether oxygens (including phenoxy) is 2. The zero-order valence-electron chi connectivity index (χ0n) is 17.6. The van der Waals surface area contributed by atoms with Crippen molar-refractivity contribution in [1.82, 2.24) is 10.2 Å². The van der Waals surface area contributed by atoms with Crippen molar-refractivity contribution >= 4 is 17.7 Å². The molecule has 2 aliphatic rings. The SMILES string of the molecule is CCNC(=NCC1(c2ccc(OC)cc2)CCOCC1)N1CCSC(CC)C1. The number of thioether (sulfide) groups is 1. The Morgan fingerprint density at radius 1 is 1.29 bits per heavy atom. The van der Waals surface area contributed by atoms with Crippen LogP contribution in [-0.2, 0) is 10.2 Å². The van der Waals surface area contributed by atoms with E-state index in [1.54, 1.807) is 7.11 Å². The Kier molecular flexibility index (Phi) is 7.91. The second-order valence-electron chi connectivity index (χ2n) is 7.64. The Balaban J connectivity index is 1.81. The Morgan fingerprint density at radius 2 is 2.04 bits per heavy atom. The van der Waals surface area contributed by atoms with Crippen LogP contribution in [-0.4, -0.2) is 68.4 Å². The van der Waals surface area contributed by atoms with E-state index in [0.29, 0.717) is 5.25 Å². The number of methoxy groups -OCH3 is 1. The molecule has 28 heavy (non-hydrogen) atoms. The quantitative estimate of drug-likeness (QED) is 0.579. The lowest BCUT2D eigenvalue weighted by atomic mass is 9.74. The van der Waals surface area contributed by atoms with Crippen molar-refractivity contribution in [2.75, 3.05) is 52.3 Å². The number of nitrogens with zero attached hydrogens (tertiary/aromatic N) is 2. The highest BCUT2D eigenvalue weighted by Crippen LogP contribution is 2.36. The first-order chi connectivity index (χ1) is 13.7. The van der Waals surface area contributed by atoms with E-state index >= 15 is 0 Å². The van der Waals surface area contributed by atoms with Crippen molar-refractivity contribution in [2.45, 2.75) is 43.8 Å². The van der Waals surface area contributed by atoms with Crippen LogP contribution in [0.4, 0.5) is 0 Å². The normalized spacial score (nSPS) is 22.8. The molecule has 156 valence electrons. The molecular weight excluding hydrogens is 370 g/mol. The van der Waals surface area contributed by atoms with Gasteiger partial charge in [-0.15, -0.1) is 0 Å². The minimum Gasteiger partial charge on any atom is -0.497 e. The molecular formula is C22H35N3O2S. The smallest absolute Gasteiger partial charge is 0.194 e. The monoisotopic (exact) mass is 405 g/mol. The molecule has 0 bridgehead atoms. The first-order valence-electron chi connectivity index (χ1n) is 10.6. The largest absolute Gasteiger partial charge is 0.497 e. The van der Waals surface area contributed by atoms with Gasteiger partial charge in [-0.3, -0.25) is 4.99 Å². The Morgan fingerprint density at radius 3 is 2.68 bits per heavy atom. The highest BCUT2D eigenvalue weighted by atomic mass is 32.2. The summed E-state index contributed by atoms with van der Waals surface area (Å²) in [5.74, 6) is 3.15. The van der Waals surface area contributed by atoms with Gasteiger partial charge >= 0.3 is 0 Å². The summed E-state index contributed by atoms with van der Waals surface area (Å²) in [6.07, 6.45) is 3.24. The molecule has 2 aliphatic heterocycles. The lowest BCUT2D eigenvalue weighted by Gasteiger charge is -2.38. The first-order valence-corrected chi connectivity index (χ1v) is 11.6. The summed E-state index contributed by atoms with van der Waals surface area (Å²) in [6, 6.07) is 8.54. The van der Waals surface area contributed by atoms with Gasteiger partial charge in [0.05, 0.1) is 13.7 Å². The maximum Gasteiger partial charge on any atom is 0.194 e. The van der Waals surface area contributed by atoms with Crippen LogP contribution >= 0.6 is 11.8 Å². The van der Waals surface area contributed by atoms with E-state index in [1.165, 1.54) is 17.7 Å². The van der Waals surface area contributed by atoms with Gasteiger partial charge in [-0.25, -0.2) is 0 Å². The fourth-order valence-corrected chi connectivity index (χ4v) is 5.24. The molecule has 3 rings (SSSR count). The molecule has 2 saturated heterocycles. The van der Waals surface area contributed by atoms with Crippen LogP contribution in [0.1, 0.15) is 38.7 Å². The van der Waals surface area contributed by atoms with Gasteiger partial charge in [0.25, 0.3) is 0 Å². The standard InChI is InChI=1S/C22H35N3O2S/c1-4-20-16-25(12-15-28-20)21(23-5-2)24-17-22(10-13-27-14-11-22)18-6-8-19(26-3)9-7-18/h6-9,20H,4-5,10-17H2,1-3H3,(H,23,24). The van der Waals surface area contributed by atoms with Gasteiger partial charge in [0.15, 0.2) is 5.96 Å². The number of hydrogen-bond donors (Lipinski definition) is 1. The van der Waals surface area contributed by atoms with Crippen LogP contribution in [0.15, 0.2) is 29.3 Å². The molecule has 1 N–H and O–H groups in total. The highest BCUT2D eigenvalue weighted by Gasteiger charge is 2.35. The molecule has 0 saturated carbocycles. The maximum absolute atomic E-state index is 5.69. The topological polar surface area (TPSA) is 46.1 Å². The number of rotatable bonds is 6. The average Bonchev–Trinajstić information content (AvgIpc) is 2.77. The van der Waals surface area contributed by atoms with Crippen LogP contribution < -0.4 is 10.1 Å². The molecule has 1 unspecified atom stereocenters. The Hall–Kier alpha value is -1.40. The van der Waals surface area contributed by atoms with Crippen LogP contribution in [0.3, 0.4) is 0 Å². The number of nitrogens with one attached hydrogen (secondary N) is 1. The molecule has 2 fully saturated rings. The van der Waals surface area contributed by atoms with Crippen molar-refractivity contribution in [3.05, 3.63) is 29.8 Å². The summed E-state index contributed by atoms with van der Waals surface area (Å²) in [7, 11) is 1.71. The van der Waals surface area contributed by atoms with E-state index < -0.39 is 0 Å². The van der Waals surface area contributed by atoms with Crippen molar-refractivity contribution < 1.29 is 9.47 Å². The fraction of sp³-hybridized carbons (Fsp3) is 0.682. The molecule has 6 heteroatoms. The molecule has 1 atom stereocenters. The molecule has 0 amide bonds. The molecule has 0 aromatic heterocycles. The molecule has 0 radical (unpaired) electrons. The van der Waals surface area contributed by atoms with Gasteiger partial charge in [0.1, 0.15) is 5.75 Å². The first kappa shape index (κ1) is 21.3. The van der Waals surface area contributed by atoms with Crippen LogP contribution in [0, 0.1) is 0 Å². The second-order valence-corrected chi connectivity index (χ2v) is 9.05. The summed E-state index contributed by atoms with van der Waals surface area (Å²) >= 11 is 2.10. The summed E-state index contributed by atoms with van der Waals surface area (Å²) in [4.78, 5) is 7.61. The highest BCUT2D eigenvalue weighted by molar-refractivity contribution is 8.00. The van der Waals surface area contributed by atoms with Crippen molar-refractivity contribution in [3.63, 3.8) is 0 Å². The van der Waals surface area contributed by atoms with E-state index in [2.05, 4.69) is 60.1 Å². The predicted octanol–water partition coefficient (Wildman–Crippen LogP) is 3.54. The molecule has 0 spiro atoms. The maximum atomic E-state index is 5.69. The molecule has 2 heterocycles. The lowest BCUT2D eigenvalue weighted by molar-refractivity contribution is 0.0530. The lowest BCUT2D eigenvalue weighted by Crippen LogP contribution is -2.48. The molecule has 5 nitrogen and oxygen atoms in total. The van der Waals surface area contributed by atoms with E-state index in [4.69, 9.17) is 14.5 Å². The number of benzene rings is 1. The van der Waals surface area contributed by atoms with E-state index in [0.717, 1.165) is 63.9 Å². The van der Waals surface area contributed by atoms with Crippen molar-refractivity contribution in [3.8, 4) is 5.75 Å². The van der Waals surface area contributed by atoms with Crippen LogP contribution in [0.5, 0.6) is 5.75 Å². The predicted molar refractivity (Wildman–Crippen MR) is 119 cm³/mol. The Labute approximate surface area is 174 Å². The zero-order valence-corrected chi connectivity index (χ0v) is 18.4. The number of hydrogen-bond acceptors (Lipinski definition) is 4. The zero-order chi connectivity index (χ0) is 19.8. The minimum atomic E-state index is 0.0416. The second kappa shape index (κ2) is 10.4. The van der Waals surface area contributed by atoms with Gasteiger partial charge in [-0.05, 0) is 43.9 Å². The van der Waals surface area contributed by atoms with E-state index in [1.807, 2.05) is 0 Å². The third-order valence-corrected chi connectivity index (χ3v) is 7.28. The summed E-state index contributed by atoms with van der Waals surface area (Å²) in [6.45, 7) is 9.90. The van der Waals surface area contributed by atoms with Crippen molar-refractivity contribution in [2.24, 2.45) is 4.99 Å².